The van der Waals surface area contributed by atoms with E-state index in [1.807, 2.05) is 13.8 Å². The highest BCUT2D eigenvalue weighted by atomic mass is 16.6. The molecule has 6 nitrogen and oxygen atoms in total. The van der Waals surface area contributed by atoms with E-state index < -0.39 is 0 Å². The van der Waals surface area contributed by atoms with Crippen LogP contribution in [-0.4, -0.2) is 29.7 Å². The molecule has 0 amide bonds. The van der Waals surface area contributed by atoms with Gasteiger partial charge in [0.15, 0.2) is 0 Å². The first-order valence-corrected chi connectivity index (χ1v) is 6.96. The predicted octanol–water partition coefficient (Wildman–Crippen LogP) is 2.85. The van der Waals surface area contributed by atoms with Crippen molar-refractivity contribution in [3.63, 3.8) is 0 Å². The van der Waals surface area contributed by atoms with Gasteiger partial charge in [0.1, 0.15) is 11.4 Å². The van der Waals surface area contributed by atoms with E-state index in [-0.39, 0.29) is 23.1 Å². The Bertz CT molecular complexity index is 438. The summed E-state index contributed by atoms with van der Waals surface area (Å²) in [7, 11) is 0. The van der Waals surface area contributed by atoms with Crippen molar-refractivity contribution in [1.29, 1.82) is 0 Å². The molecule has 0 saturated carbocycles. The van der Waals surface area contributed by atoms with Crippen molar-refractivity contribution in [2.45, 2.75) is 26.7 Å². The lowest BCUT2D eigenvalue weighted by Gasteiger charge is -2.12. The van der Waals surface area contributed by atoms with Gasteiger partial charge in [-0.15, -0.1) is 0 Å². The number of hydrogen-bond donors (Lipinski definition) is 3. The van der Waals surface area contributed by atoms with Crippen molar-refractivity contribution in [1.82, 2.24) is 0 Å². The van der Waals surface area contributed by atoms with Gasteiger partial charge in [-0.25, -0.2) is 0 Å². The minimum Gasteiger partial charge on any atom is -0.396 e. The molecule has 0 saturated heterocycles. The quantitative estimate of drug-likeness (QED) is 0.368. The second kappa shape index (κ2) is 8.37. The zero-order chi connectivity index (χ0) is 15.0. The number of hydrogen-bond acceptors (Lipinski definition) is 5. The third-order valence-electron chi connectivity index (χ3n) is 3.09. The highest BCUT2D eigenvalue weighted by Crippen LogP contribution is 2.32. The van der Waals surface area contributed by atoms with Crippen LogP contribution in [0.3, 0.4) is 0 Å². The van der Waals surface area contributed by atoms with Crippen molar-refractivity contribution >= 4 is 17.1 Å². The molecule has 0 fully saturated rings. The Hall–Kier alpha value is -1.82. The van der Waals surface area contributed by atoms with Gasteiger partial charge in [-0.05, 0) is 37.8 Å². The minimum absolute atomic E-state index is 0.0876. The number of aliphatic hydroxyl groups excluding tert-OH is 1. The lowest BCUT2D eigenvalue weighted by molar-refractivity contribution is -0.383. The Labute approximate surface area is 119 Å². The lowest BCUT2D eigenvalue weighted by atomic mass is 10.1. The van der Waals surface area contributed by atoms with Gasteiger partial charge in [-0.3, -0.25) is 10.1 Å². The van der Waals surface area contributed by atoms with Crippen LogP contribution < -0.4 is 10.6 Å². The monoisotopic (exact) mass is 281 g/mol. The minimum atomic E-state index is -0.364. The molecule has 0 aliphatic heterocycles. The van der Waals surface area contributed by atoms with Gasteiger partial charge in [0.2, 0.25) is 0 Å². The largest absolute Gasteiger partial charge is 0.396 e. The van der Waals surface area contributed by atoms with E-state index in [4.69, 9.17) is 5.11 Å². The molecule has 1 rings (SSSR count). The van der Waals surface area contributed by atoms with Gasteiger partial charge in [-0.1, -0.05) is 13.0 Å². The fourth-order valence-electron chi connectivity index (χ4n) is 1.98. The molecular weight excluding hydrogens is 258 g/mol. The van der Waals surface area contributed by atoms with Crippen molar-refractivity contribution in [3.05, 3.63) is 28.3 Å². The molecule has 112 valence electrons. The number of nitrogens with zero attached hydrogens (tertiary/aromatic N) is 1. The van der Waals surface area contributed by atoms with E-state index in [0.717, 1.165) is 12.8 Å². The third-order valence-corrected chi connectivity index (χ3v) is 3.09. The highest BCUT2D eigenvalue weighted by Gasteiger charge is 2.18. The zero-order valence-electron chi connectivity index (χ0n) is 12.1. The molecule has 1 atom stereocenters. The summed E-state index contributed by atoms with van der Waals surface area (Å²) in [6, 6.07) is 5.22. The van der Waals surface area contributed by atoms with Gasteiger partial charge in [0.05, 0.1) is 4.92 Å². The van der Waals surface area contributed by atoms with E-state index in [9.17, 15) is 10.1 Å². The van der Waals surface area contributed by atoms with Crippen molar-refractivity contribution in [3.8, 4) is 0 Å². The van der Waals surface area contributed by atoms with Gasteiger partial charge >= 0.3 is 5.69 Å². The van der Waals surface area contributed by atoms with E-state index in [1.54, 1.807) is 18.2 Å². The van der Waals surface area contributed by atoms with E-state index >= 15 is 0 Å². The molecule has 0 heterocycles. The summed E-state index contributed by atoms with van der Waals surface area (Å²) in [5, 5.41) is 26.3. The SMILES string of the molecule is CCNc1cccc(NCCCC(C)CO)c1[N+](=O)[O-]. The van der Waals surface area contributed by atoms with Crippen LogP contribution in [0.4, 0.5) is 17.1 Å². The van der Waals surface area contributed by atoms with Gasteiger partial charge in [-0.2, -0.15) is 0 Å². The Morgan fingerprint density at radius 1 is 1.35 bits per heavy atom. The molecule has 1 aromatic rings. The van der Waals surface area contributed by atoms with Crippen LogP contribution in [0.5, 0.6) is 0 Å². The number of para-hydroxylation sites is 1. The van der Waals surface area contributed by atoms with Crippen LogP contribution in [0.1, 0.15) is 26.7 Å². The number of nitro benzene ring substituents is 1. The molecule has 0 bridgehead atoms. The number of aliphatic hydroxyl groups is 1. The molecule has 1 aromatic carbocycles. The van der Waals surface area contributed by atoms with E-state index in [2.05, 4.69) is 10.6 Å². The number of anilines is 2. The molecule has 1 unspecified atom stereocenters. The summed E-state index contributed by atoms with van der Waals surface area (Å²) in [5.41, 5.74) is 1.15. The first-order valence-electron chi connectivity index (χ1n) is 6.96. The Balaban J connectivity index is 2.69. The summed E-state index contributed by atoms with van der Waals surface area (Å²) in [6.07, 6.45) is 1.76. The van der Waals surface area contributed by atoms with Crippen LogP contribution in [0.2, 0.25) is 0 Å². The second-order valence-corrected chi connectivity index (χ2v) is 4.85. The number of rotatable bonds is 9. The average molecular weight is 281 g/mol. The first kappa shape index (κ1) is 16.2. The number of benzene rings is 1. The molecule has 20 heavy (non-hydrogen) atoms. The molecule has 0 aliphatic carbocycles. The fraction of sp³-hybridized carbons (Fsp3) is 0.571. The van der Waals surface area contributed by atoms with Crippen LogP contribution in [0.15, 0.2) is 18.2 Å². The van der Waals surface area contributed by atoms with Crippen molar-refractivity contribution < 1.29 is 10.0 Å². The summed E-state index contributed by atoms with van der Waals surface area (Å²) in [6.45, 7) is 5.35. The number of nitro groups is 1. The lowest BCUT2D eigenvalue weighted by Crippen LogP contribution is -2.09. The summed E-state index contributed by atoms with van der Waals surface area (Å²) in [5.74, 6) is 0.264. The maximum absolute atomic E-state index is 11.2. The van der Waals surface area contributed by atoms with Crippen LogP contribution in [0, 0.1) is 16.0 Å². The Morgan fingerprint density at radius 2 is 2.00 bits per heavy atom. The normalized spacial score (nSPS) is 11.9. The Kier molecular flexibility index (Phi) is 6.79. The van der Waals surface area contributed by atoms with Gasteiger partial charge < -0.3 is 15.7 Å². The Morgan fingerprint density at radius 3 is 2.55 bits per heavy atom. The van der Waals surface area contributed by atoms with E-state index in [1.165, 1.54) is 0 Å². The predicted molar refractivity (Wildman–Crippen MR) is 81.2 cm³/mol. The maximum Gasteiger partial charge on any atom is 0.315 e. The maximum atomic E-state index is 11.2. The molecule has 3 N–H and O–H groups in total. The first-order chi connectivity index (χ1) is 9.60. The molecule has 0 spiro atoms. The van der Waals surface area contributed by atoms with Crippen molar-refractivity contribution in [2.75, 3.05) is 30.3 Å². The highest BCUT2D eigenvalue weighted by molar-refractivity contribution is 5.76. The molecule has 0 radical (unpaired) electrons. The van der Waals surface area contributed by atoms with Crippen LogP contribution in [-0.2, 0) is 0 Å². The molecule has 0 aromatic heterocycles. The number of nitrogens with one attached hydrogen (secondary N) is 2. The summed E-state index contributed by atoms with van der Waals surface area (Å²) < 4.78 is 0. The van der Waals surface area contributed by atoms with Crippen LogP contribution >= 0.6 is 0 Å². The zero-order valence-corrected chi connectivity index (χ0v) is 12.1. The fourth-order valence-corrected chi connectivity index (χ4v) is 1.98. The van der Waals surface area contributed by atoms with Gasteiger partial charge in [0, 0.05) is 19.7 Å². The standard InChI is InChI=1S/C14H23N3O3/c1-3-15-12-7-4-8-13(14(12)17(19)20)16-9-5-6-11(2)10-18/h4,7-8,11,15-16,18H,3,5-6,9-10H2,1-2H3. The average Bonchev–Trinajstić information content (AvgIpc) is 2.43. The second-order valence-electron chi connectivity index (χ2n) is 4.85. The molecule has 6 heteroatoms. The summed E-state index contributed by atoms with van der Waals surface area (Å²) >= 11 is 0. The summed E-state index contributed by atoms with van der Waals surface area (Å²) in [4.78, 5) is 10.8. The molecular formula is C14H23N3O3. The van der Waals surface area contributed by atoms with E-state index in [0.29, 0.717) is 24.5 Å². The van der Waals surface area contributed by atoms with Crippen LogP contribution in [0.25, 0.3) is 0 Å². The third kappa shape index (κ3) is 4.70. The van der Waals surface area contributed by atoms with Gasteiger partial charge in [0.25, 0.3) is 0 Å². The molecule has 0 aliphatic rings. The smallest absolute Gasteiger partial charge is 0.315 e. The topological polar surface area (TPSA) is 87.4 Å². The van der Waals surface area contributed by atoms with Crippen molar-refractivity contribution in [2.24, 2.45) is 5.92 Å².